The molecule has 2 rings (SSSR count). The molecule has 0 unspecified atom stereocenters. The second-order valence-corrected chi connectivity index (χ2v) is 5.36. The predicted molar refractivity (Wildman–Crippen MR) is 71.0 cm³/mol. The third-order valence-electron chi connectivity index (χ3n) is 2.36. The molecule has 0 atom stereocenters. The van der Waals surface area contributed by atoms with Crippen molar-refractivity contribution in [2.45, 2.75) is 20.0 Å². The Balaban J connectivity index is 2.34. The maximum atomic E-state index is 12.6. The van der Waals surface area contributed by atoms with E-state index in [0.717, 1.165) is 23.5 Å². The Labute approximate surface area is 116 Å². The lowest BCUT2D eigenvalue weighted by molar-refractivity contribution is -0.137. The standard InChI is InChI=1S/C13H10F3NO2S/c1-7(2)17-19-12(18)11-6-8-5-9(13(14,15)16)3-4-10(8)20-11/h3-6H,1-2H3. The Kier molecular flexibility index (Phi) is 3.80. The number of carbonyl (C=O) groups is 1. The van der Waals surface area contributed by atoms with Gasteiger partial charge in [-0.2, -0.15) is 13.2 Å². The Bertz CT molecular complexity index is 684. The zero-order valence-corrected chi connectivity index (χ0v) is 11.4. The van der Waals surface area contributed by atoms with Crippen molar-refractivity contribution >= 4 is 33.1 Å². The van der Waals surface area contributed by atoms with Gasteiger partial charge in [-0.1, -0.05) is 5.16 Å². The fourth-order valence-electron chi connectivity index (χ4n) is 1.50. The molecule has 1 aromatic heterocycles. The summed E-state index contributed by atoms with van der Waals surface area (Å²) in [5.74, 6) is -0.680. The van der Waals surface area contributed by atoms with E-state index >= 15 is 0 Å². The molecule has 0 saturated carbocycles. The minimum atomic E-state index is -4.40. The number of hydrogen-bond donors (Lipinski definition) is 0. The van der Waals surface area contributed by atoms with Crippen LogP contribution in [0.25, 0.3) is 10.1 Å². The highest BCUT2D eigenvalue weighted by molar-refractivity contribution is 7.20. The normalized spacial score (nSPS) is 11.4. The van der Waals surface area contributed by atoms with Gasteiger partial charge >= 0.3 is 12.1 Å². The number of thiophene rings is 1. The fraction of sp³-hybridized carbons (Fsp3) is 0.231. The monoisotopic (exact) mass is 301 g/mol. The van der Waals surface area contributed by atoms with Gasteiger partial charge in [0.25, 0.3) is 0 Å². The van der Waals surface area contributed by atoms with Crippen LogP contribution in [0.2, 0.25) is 0 Å². The fourth-order valence-corrected chi connectivity index (χ4v) is 2.41. The van der Waals surface area contributed by atoms with E-state index in [9.17, 15) is 18.0 Å². The van der Waals surface area contributed by atoms with E-state index < -0.39 is 17.7 Å². The summed E-state index contributed by atoms with van der Waals surface area (Å²) in [6.07, 6.45) is -4.40. The highest BCUT2D eigenvalue weighted by atomic mass is 32.1. The first kappa shape index (κ1) is 14.5. The van der Waals surface area contributed by atoms with Crippen LogP contribution in [0.5, 0.6) is 0 Å². The van der Waals surface area contributed by atoms with Gasteiger partial charge < -0.3 is 4.84 Å². The van der Waals surface area contributed by atoms with E-state index in [4.69, 9.17) is 0 Å². The molecule has 3 nitrogen and oxygen atoms in total. The SMILES string of the molecule is CC(C)=NOC(=O)c1cc2cc(C(F)(F)F)ccc2s1. The lowest BCUT2D eigenvalue weighted by atomic mass is 10.1. The summed E-state index contributed by atoms with van der Waals surface area (Å²) >= 11 is 1.07. The summed E-state index contributed by atoms with van der Waals surface area (Å²) in [5.41, 5.74) is -0.177. The van der Waals surface area contributed by atoms with Crippen molar-refractivity contribution in [3.8, 4) is 0 Å². The Hall–Kier alpha value is -1.89. The largest absolute Gasteiger partial charge is 0.416 e. The van der Waals surface area contributed by atoms with Crippen molar-refractivity contribution in [1.82, 2.24) is 0 Å². The van der Waals surface area contributed by atoms with Crippen LogP contribution < -0.4 is 0 Å². The molecule has 0 aliphatic rings. The van der Waals surface area contributed by atoms with Crippen molar-refractivity contribution in [1.29, 1.82) is 0 Å². The number of nitrogens with zero attached hydrogens (tertiary/aromatic N) is 1. The van der Waals surface area contributed by atoms with Crippen molar-refractivity contribution in [3.63, 3.8) is 0 Å². The van der Waals surface area contributed by atoms with E-state index in [1.54, 1.807) is 13.8 Å². The molecule has 0 aliphatic carbocycles. The molecule has 0 amide bonds. The van der Waals surface area contributed by atoms with Crippen LogP contribution in [0.1, 0.15) is 29.1 Å². The molecule has 0 bridgehead atoms. The molecule has 1 heterocycles. The number of alkyl halides is 3. The first-order valence-corrected chi connectivity index (χ1v) is 6.42. The molecule has 106 valence electrons. The maximum Gasteiger partial charge on any atom is 0.416 e. The molecule has 7 heteroatoms. The van der Waals surface area contributed by atoms with E-state index in [1.165, 1.54) is 12.1 Å². The van der Waals surface area contributed by atoms with Crippen molar-refractivity contribution in [2.75, 3.05) is 0 Å². The number of carbonyl (C=O) groups excluding carboxylic acids is 1. The summed E-state index contributed by atoms with van der Waals surface area (Å²) in [7, 11) is 0. The number of hydrogen-bond acceptors (Lipinski definition) is 4. The van der Waals surface area contributed by atoms with Crippen molar-refractivity contribution < 1.29 is 22.8 Å². The average Bonchev–Trinajstić information content (AvgIpc) is 2.77. The van der Waals surface area contributed by atoms with Gasteiger partial charge in [0, 0.05) is 4.70 Å². The van der Waals surface area contributed by atoms with Crippen LogP contribution in [0.15, 0.2) is 29.4 Å². The maximum absolute atomic E-state index is 12.6. The zero-order chi connectivity index (χ0) is 14.9. The first-order chi connectivity index (χ1) is 9.27. The smallest absolute Gasteiger partial charge is 0.312 e. The Morgan fingerprint density at radius 3 is 2.55 bits per heavy atom. The Morgan fingerprint density at radius 1 is 1.25 bits per heavy atom. The topological polar surface area (TPSA) is 38.7 Å². The summed E-state index contributed by atoms with van der Waals surface area (Å²) in [6.45, 7) is 3.32. The lowest BCUT2D eigenvalue weighted by Gasteiger charge is -2.05. The van der Waals surface area contributed by atoms with E-state index in [1.807, 2.05) is 0 Å². The van der Waals surface area contributed by atoms with Crippen LogP contribution in [-0.2, 0) is 11.0 Å². The summed E-state index contributed by atoms with van der Waals surface area (Å²) in [4.78, 5) is 16.5. The number of benzene rings is 1. The van der Waals surface area contributed by atoms with Crippen LogP contribution >= 0.6 is 11.3 Å². The van der Waals surface area contributed by atoms with Gasteiger partial charge in [0.2, 0.25) is 0 Å². The van der Waals surface area contributed by atoms with Gasteiger partial charge in [-0.3, -0.25) is 0 Å². The third-order valence-corrected chi connectivity index (χ3v) is 3.45. The molecule has 1 aromatic carbocycles. The average molecular weight is 301 g/mol. The second-order valence-electron chi connectivity index (χ2n) is 4.28. The van der Waals surface area contributed by atoms with Gasteiger partial charge in [-0.15, -0.1) is 11.3 Å². The first-order valence-electron chi connectivity index (χ1n) is 5.61. The van der Waals surface area contributed by atoms with Gasteiger partial charge in [0.1, 0.15) is 4.88 Å². The number of oxime groups is 1. The predicted octanol–water partition coefficient (Wildman–Crippen LogP) is 4.47. The van der Waals surface area contributed by atoms with Gasteiger partial charge in [-0.25, -0.2) is 4.79 Å². The third kappa shape index (κ3) is 3.16. The highest BCUT2D eigenvalue weighted by Crippen LogP contribution is 2.34. The van der Waals surface area contributed by atoms with E-state index in [0.29, 0.717) is 15.8 Å². The molecule has 0 radical (unpaired) electrons. The molecule has 20 heavy (non-hydrogen) atoms. The number of halogens is 3. The summed E-state index contributed by atoms with van der Waals surface area (Å²) in [5, 5.41) is 3.88. The summed E-state index contributed by atoms with van der Waals surface area (Å²) in [6, 6.07) is 4.71. The molecule has 2 aromatic rings. The van der Waals surface area contributed by atoms with Crippen molar-refractivity contribution in [3.05, 3.63) is 34.7 Å². The molecule has 0 spiro atoms. The van der Waals surface area contributed by atoms with Crippen LogP contribution in [0.3, 0.4) is 0 Å². The molecular formula is C13H10F3NO2S. The zero-order valence-electron chi connectivity index (χ0n) is 10.6. The lowest BCUT2D eigenvalue weighted by Crippen LogP contribution is -2.03. The molecule has 0 aliphatic heterocycles. The number of rotatable bonds is 2. The molecule has 0 fully saturated rings. The van der Waals surface area contributed by atoms with Crippen LogP contribution in [0.4, 0.5) is 13.2 Å². The van der Waals surface area contributed by atoms with E-state index in [2.05, 4.69) is 9.99 Å². The quantitative estimate of drug-likeness (QED) is 0.466. The summed E-state index contributed by atoms with van der Waals surface area (Å²) < 4.78 is 38.3. The van der Waals surface area contributed by atoms with Gasteiger partial charge in [0.05, 0.1) is 11.3 Å². The highest BCUT2D eigenvalue weighted by Gasteiger charge is 2.30. The van der Waals surface area contributed by atoms with Gasteiger partial charge in [0.15, 0.2) is 0 Å². The number of fused-ring (bicyclic) bond motifs is 1. The molecular weight excluding hydrogens is 291 g/mol. The second kappa shape index (κ2) is 5.24. The van der Waals surface area contributed by atoms with Gasteiger partial charge in [-0.05, 0) is 43.5 Å². The molecule has 0 saturated heterocycles. The van der Waals surface area contributed by atoms with Crippen molar-refractivity contribution in [2.24, 2.45) is 5.16 Å². The minimum Gasteiger partial charge on any atom is -0.312 e. The minimum absolute atomic E-state index is 0.212. The molecule has 0 N–H and O–H groups in total. The van der Waals surface area contributed by atoms with Crippen LogP contribution in [0, 0.1) is 0 Å². The van der Waals surface area contributed by atoms with E-state index in [-0.39, 0.29) is 4.88 Å². The Morgan fingerprint density at radius 2 is 1.95 bits per heavy atom. The van der Waals surface area contributed by atoms with Crippen LogP contribution in [-0.4, -0.2) is 11.7 Å².